The molecule has 0 aliphatic heterocycles. The van der Waals surface area contributed by atoms with Crippen LogP contribution < -0.4 is 0 Å². The molecular formula is C22H16N2OS. The molecule has 0 fully saturated rings. The van der Waals surface area contributed by atoms with Crippen molar-refractivity contribution in [3.05, 3.63) is 101 Å². The van der Waals surface area contributed by atoms with E-state index in [1.54, 1.807) is 6.08 Å². The third kappa shape index (κ3) is 3.41. The molecule has 0 saturated carbocycles. The molecule has 0 atom stereocenters. The number of hydrogen-bond donors (Lipinski definition) is 0. The number of benzene rings is 2. The van der Waals surface area contributed by atoms with Crippen LogP contribution in [-0.2, 0) is 0 Å². The monoisotopic (exact) mass is 356 g/mol. The van der Waals surface area contributed by atoms with Crippen LogP contribution >= 0.6 is 11.3 Å². The van der Waals surface area contributed by atoms with Crippen molar-refractivity contribution in [1.82, 2.24) is 9.78 Å². The van der Waals surface area contributed by atoms with Gasteiger partial charge in [-0.3, -0.25) is 4.79 Å². The van der Waals surface area contributed by atoms with Gasteiger partial charge in [0.15, 0.2) is 5.78 Å². The van der Waals surface area contributed by atoms with Gasteiger partial charge in [0.2, 0.25) is 0 Å². The van der Waals surface area contributed by atoms with Gasteiger partial charge in [0, 0.05) is 17.3 Å². The van der Waals surface area contributed by atoms with Crippen LogP contribution in [0.25, 0.3) is 23.0 Å². The predicted octanol–water partition coefficient (Wildman–Crippen LogP) is 5.50. The highest BCUT2D eigenvalue weighted by Gasteiger charge is 2.11. The van der Waals surface area contributed by atoms with Gasteiger partial charge in [0.25, 0.3) is 0 Å². The van der Waals surface area contributed by atoms with E-state index in [4.69, 9.17) is 5.10 Å². The van der Waals surface area contributed by atoms with Gasteiger partial charge in [0.1, 0.15) is 0 Å². The summed E-state index contributed by atoms with van der Waals surface area (Å²) in [7, 11) is 0. The number of allylic oxidation sites excluding steroid dienone is 1. The first kappa shape index (κ1) is 16.2. The van der Waals surface area contributed by atoms with Gasteiger partial charge >= 0.3 is 0 Å². The molecular weight excluding hydrogens is 340 g/mol. The van der Waals surface area contributed by atoms with Crippen LogP contribution in [0.4, 0.5) is 0 Å². The summed E-state index contributed by atoms with van der Waals surface area (Å²) in [6, 6.07) is 23.7. The van der Waals surface area contributed by atoms with Gasteiger partial charge in [-0.05, 0) is 35.7 Å². The van der Waals surface area contributed by atoms with Crippen molar-refractivity contribution in [1.29, 1.82) is 0 Å². The van der Waals surface area contributed by atoms with Crippen LogP contribution in [0.2, 0.25) is 0 Å². The zero-order valence-electron chi connectivity index (χ0n) is 13.9. The Labute approximate surface area is 155 Å². The lowest BCUT2D eigenvalue weighted by Crippen LogP contribution is -1.93. The number of thiophene rings is 1. The van der Waals surface area contributed by atoms with Gasteiger partial charge in [-0.2, -0.15) is 5.10 Å². The smallest absolute Gasteiger partial charge is 0.195 e. The second kappa shape index (κ2) is 7.33. The molecule has 0 amide bonds. The number of rotatable bonds is 5. The molecule has 4 rings (SSSR count). The largest absolute Gasteiger partial charge is 0.288 e. The lowest BCUT2D eigenvalue weighted by Gasteiger charge is -2.00. The normalized spacial score (nSPS) is 11.1. The van der Waals surface area contributed by atoms with Crippen molar-refractivity contribution in [2.45, 2.75) is 0 Å². The second-order valence-electron chi connectivity index (χ2n) is 5.75. The molecule has 4 heteroatoms. The minimum Gasteiger partial charge on any atom is -0.288 e. The molecule has 2 aromatic heterocycles. The number of carbonyl (C=O) groups excluding carboxylic acids is 1. The minimum atomic E-state index is 0.00599. The quantitative estimate of drug-likeness (QED) is 0.350. The van der Waals surface area contributed by atoms with Gasteiger partial charge in [-0.1, -0.05) is 54.6 Å². The number of hydrogen-bond acceptors (Lipinski definition) is 3. The van der Waals surface area contributed by atoms with Crippen molar-refractivity contribution in [3.8, 4) is 16.9 Å². The van der Waals surface area contributed by atoms with E-state index in [9.17, 15) is 4.79 Å². The molecule has 26 heavy (non-hydrogen) atoms. The van der Waals surface area contributed by atoms with Gasteiger partial charge < -0.3 is 0 Å². The molecule has 0 aliphatic carbocycles. The maximum atomic E-state index is 12.3. The van der Waals surface area contributed by atoms with E-state index in [1.165, 1.54) is 11.3 Å². The molecule has 0 spiro atoms. The van der Waals surface area contributed by atoms with Crippen molar-refractivity contribution >= 4 is 23.2 Å². The van der Waals surface area contributed by atoms with Crippen LogP contribution in [0.15, 0.2) is 90.4 Å². The van der Waals surface area contributed by atoms with Gasteiger partial charge in [0.05, 0.1) is 16.3 Å². The Balaban J connectivity index is 1.74. The SMILES string of the molecule is O=C(/C=C/c1cn(-c2ccccc2)nc1-c1ccccc1)c1cccs1. The molecule has 0 aliphatic rings. The first-order valence-electron chi connectivity index (χ1n) is 8.28. The molecule has 126 valence electrons. The Kier molecular flexibility index (Phi) is 4.58. The first-order valence-corrected chi connectivity index (χ1v) is 9.16. The molecule has 0 N–H and O–H groups in total. The standard InChI is InChI=1S/C22H16N2OS/c25-20(21-12-7-15-26-21)14-13-18-16-24(19-10-5-2-6-11-19)23-22(18)17-8-3-1-4-9-17/h1-16H/b14-13+. The fraction of sp³-hybridized carbons (Fsp3) is 0. The zero-order valence-corrected chi connectivity index (χ0v) is 14.8. The molecule has 2 aromatic carbocycles. The van der Waals surface area contributed by atoms with Crippen molar-refractivity contribution in [2.24, 2.45) is 0 Å². The lowest BCUT2D eigenvalue weighted by atomic mass is 10.1. The summed E-state index contributed by atoms with van der Waals surface area (Å²) in [5.41, 5.74) is 3.76. The fourth-order valence-electron chi connectivity index (χ4n) is 2.71. The Morgan fingerprint density at radius 1 is 0.923 bits per heavy atom. The minimum absolute atomic E-state index is 0.00599. The number of nitrogens with zero attached hydrogens (tertiary/aromatic N) is 2. The molecule has 0 saturated heterocycles. The van der Waals surface area contributed by atoms with E-state index in [0.717, 1.165) is 27.4 Å². The molecule has 2 heterocycles. The van der Waals surface area contributed by atoms with Gasteiger partial charge in [-0.15, -0.1) is 11.3 Å². The van der Waals surface area contributed by atoms with E-state index in [-0.39, 0.29) is 5.78 Å². The Hall–Kier alpha value is -3.24. The summed E-state index contributed by atoms with van der Waals surface area (Å²) in [6.07, 6.45) is 5.41. The molecule has 3 nitrogen and oxygen atoms in total. The number of carbonyl (C=O) groups is 1. The van der Waals surface area contributed by atoms with E-state index in [1.807, 2.05) is 95.1 Å². The molecule has 0 bridgehead atoms. The molecule has 0 unspecified atom stereocenters. The number of para-hydroxylation sites is 1. The van der Waals surface area contributed by atoms with Gasteiger partial charge in [-0.25, -0.2) is 4.68 Å². The third-order valence-corrected chi connectivity index (χ3v) is 4.87. The average Bonchev–Trinajstić information content (AvgIpc) is 3.38. The third-order valence-electron chi connectivity index (χ3n) is 3.99. The Bertz CT molecular complexity index is 1030. The number of aromatic nitrogens is 2. The highest BCUT2D eigenvalue weighted by Crippen LogP contribution is 2.25. The predicted molar refractivity (Wildman–Crippen MR) is 107 cm³/mol. The van der Waals surface area contributed by atoms with Crippen LogP contribution in [-0.4, -0.2) is 15.6 Å². The lowest BCUT2D eigenvalue weighted by molar-refractivity contribution is 0.105. The van der Waals surface area contributed by atoms with Crippen LogP contribution in [0.3, 0.4) is 0 Å². The fourth-order valence-corrected chi connectivity index (χ4v) is 3.35. The number of ketones is 1. The molecule has 0 radical (unpaired) electrons. The van der Waals surface area contributed by atoms with E-state index < -0.39 is 0 Å². The topological polar surface area (TPSA) is 34.9 Å². The van der Waals surface area contributed by atoms with Crippen molar-refractivity contribution in [3.63, 3.8) is 0 Å². The maximum Gasteiger partial charge on any atom is 0.195 e. The maximum absolute atomic E-state index is 12.3. The Morgan fingerprint density at radius 3 is 2.35 bits per heavy atom. The summed E-state index contributed by atoms with van der Waals surface area (Å²) in [5, 5.41) is 6.65. The first-order chi connectivity index (χ1) is 12.8. The highest BCUT2D eigenvalue weighted by molar-refractivity contribution is 7.12. The van der Waals surface area contributed by atoms with E-state index in [0.29, 0.717) is 0 Å². The summed E-state index contributed by atoms with van der Waals surface area (Å²) in [6.45, 7) is 0. The summed E-state index contributed by atoms with van der Waals surface area (Å²) in [5.74, 6) is 0.00599. The van der Waals surface area contributed by atoms with Crippen molar-refractivity contribution in [2.75, 3.05) is 0 Å². The average molecular weight is 356 g/mol. The van der Waals surface area contributed by atoms with E-state index in [2.05, 4.69) is 0 Å². The summed E-state index contributed by atoms with van der Waals surface area (Å²) >= 11 is 1.45. The van der Waals surface area contributed by atoms with Crippen molar-refractivity contribution < 1.29 is 4.79 Å². The summed E-state index contributed by atoms with van der Waals surface area (Å²) in [4.78, 5) is 13.0. The summed E-state index contributed by atoms with van der Waals surface area (Å²) < 4.78 is 1.84. The van der Waals surface area contributed by atoms with Crippen LogP contribution in [0, 0.1) is 0 Å². The van der Waals surface area contributed by atoms with Crippen LogP contribution in [0.1, 0.15) is 15.2 Å². The zero-order chi connectivity index (χ0) is 17.8. The van der Waals surface area contributed by atoms with Crippen LogP contribution in [0.5, 0.6) is 0 Å². The highest BCUT2D eigenvalue weighted by atomic mass is 32.1. The second-order valence-corrected chi connectivity index (χ2v) is 6.70. The van der Waals surface area contributed by atoms with E-state index >= 15 is 0 Å². The Morgan fingerprint density at radius 2 is 1.65 bits per heavy atom. The molecule has 4 aromatic rings.